The average molecular weight is 302 g/mol. The number of carbonyl (C=O) groups is 1. The Hall–Kier alpha value is -2.41. The minimum Gasteiger partial charge on any atom is -0.497 e. The molecule has 0 bridgehead atoms. The number of nitrogens with zero attached hydrogens (tertiary/aromatic N) is 4. The molecule has 0 aliphatic carbocycles. The van der Waals surface area contributed by atoms with Crippen LogP contribution in [0.15, 0.2) is 30.6 Å². The summed E-state index contributed by atoms with van der Waals surface area (Å²) >= 11 is 0. The molecule has 1 aromatic carbocycles. The van der Waals surface area contributed by atoms with E-state index in [0.29, 0.717) is 12.4 Å². The molecule has 1 amide bonds. The summed E-state index contributed by atoms with van der Waals surface area (Å²) in [5, 5.41) is 4.26. The van der Waals surface area contributed by atoms with Crippen molar-refractivity contribution in [1.29, 1.82) is 0 Å². The lowest BCUT2D eigenvalue weighted by molar-refractivity contribution is 0.138. The Morgan fingerprint density at radius 2 is 2.05 bits per heavy atom. The van der Waals surface area contributed by atoms with Crippen LogP contribution in [0.2, 0.25) is 0 Å². The van der Waals surface area contributed by atoms with Crippen LogP contribution in [0.4, 0.5) is 4.79 Å². The fourth-order valence-electron chi connectivity index (χ4n) is 2.30. The number of hydrogen-bond donors (Lipinski definition) is 0. The van der Waals surface area contributed by atoms with E-state index in [9.17, 15) is 4.79 Å². The van der Waals surface area contributed by atoms with E-state index in [2.05, 4.69) is 10.1 Å². The highest BCUT2D eigenvalue weighted by Gasteiger charge is 2.37. The lowest BCUT2D eigenvalue weighted by atomic mass is 10.1. The first kappa shape index (κ1) is 14.5. The van der Waals surface area contributed by atoms with Gasteiger partial charge in [-0.25, -0.2) is 9.78 Å². The molecule has 1 aliphatic heterocycles. The fraction of sp³-hybridized carbons (Fsp3) is 0.400. The Labute approximate surface area is 128 Å². The highest BCUT2D eigenvalue weighted by Crippen LogP contribution is 2.23. The van der Waals surface area contributed by atoms with Gasteiger partial charge in [0.2, 0.25) is 0 Å². The maximum atomic E-state index is 12.5. The molecule has 7 nitrogen and oxygen atoms in total. The first-order chi connectivity index (χ1) is 10.5. The van der Waals surface area contributed by atoms with Gasteiger partial charge in [-0.2, -0.15) is 4.68 Å². The predicted molar refractivity (Wildman–Crippen MR) is 79.5 cm³/mol. The van der Waals surface area contributed by atoms with E-state index >= 15 is 0 Å². The Bertz CT molecular complexity index is 678. The SMILES string of the molecule is COc1ccc(-c2ncn(C(=O)N3COCC3(C)C)n2)cc1. The molecule has 2 aromatic rings. The zero-order valence-corrected chi connectivity index (χ0v) is 12.8. The molecule has 0 saturated carbocycles. The summed E-state index contributed by atoms with van der Waals surface area (Å²) in [7, 11) is 1.61. The lowest BCUT2D eigenvalue weighted by Gasteiger charge is -2.28. The van der Waals surface area contributed by atoms with Gasteiger partial charge in [0, 0.05) is 5.56 Å². The first-order valence-electron chi connectivity index (χ1n) is 6.97. The van der Waals surface area contributed by atoms with Gasteiger partial charge in [-0.1, -0.05) is 0 Å². The largest absolute Gasteiger partial charge is 0.497 e. The Balaban J connectivity index is 1.82. The number of rotatable bonds is 2. The number of ether oxygens (including phenoxy) is 2. The summed E-state index contributed by atoms with van der Waals surface area (Å²) in [5.41, 5.74) is 0.479. The third kappa shape index (κ3) is 2.55. The van der Waals surface area contributed by atoms with Gasteiger partial charge >= 0.3 is 6.03 Å². The van der Waals surface area contributed by atoms with E-state index in [-0.39, 0.29) is 18.3 Å². The van der Waals surface area contributed by atoms with Crippen LogP contribution in [0.5, 0.6) is 5.75 Å². The van der Waals surface area contributed by atoms with Crippen molar-refractivity contribution in [3.05, 3.63) is 30.6 Å². The molecule has 0 N–H and O–H groups in total. The van der Waals surface area contributed by atoms with Crippen LogP contribution >= 0.6 is 0 Å². The molecular weight excluding hydrogens is 284 g/mol. The molecule has 2 heterocycles. The van der Waals surface area contributed by atoms with Gasteiger partial charge in [-0.3, -0.25) is 4.90 Å². The second kappa shape index (κ2) is 5.42. The Morgan fingerprint density at radius 3 is 2.64 bits per heavy atom. The molecular formula is C15H18N4O3. The molecule has 0 radical (unpaired) electrons. The van der Waals surface area contributed by atoms with Crippen LogP contribution in [-0.2, 0) is 4.74 Å². The van der Waals surface area contributed by atoms with Gasteiger partial charge in [-0.15, -0.1) is 5.10 Å². The topological polar surface area (TPSA) is 69.5 Å². The minimum atomic E-state index is -0.344. The van der Waals surface area contributed by atoms with Crippen molar-refractivity contribution in [1.82, 2.24) is 19.7 Å². The summed E-state index contributed by atoms with van der Waals surface area (Å²) in [6, 6.07) is 7.12. The van der Waals surface area contributed by atoms with Gasteiger partial charge < -0.3 is 9.47 Å². The summed E-state index contributed by atoms with van der Waals surface area (Å²) in [6.45, 7) is 4.70. The first-order valence-corrected chi connectivity index (χ1v) is 6.97. The molecule has 0 spiro atoms. The smallest absolute Gasteiger partial charge is 0.348 e. The maximum absolute atomic E-state index is 12.5. The standard InChI is InChI=1S/C15H18N4O3/c1-15(2)8-22-10-18(15)14(20)19-9-16-13(17-19)11-4-6-12(21-3)7-5-11/h4-7,9H,8,10H2,1-3H3. The average Bonchev–Trinajstić information content (AvgIpc) is 3.13. The van der Waals surface area contributed by atoms with Gasteiger partial charge in [0.05, 0.1) is 19.3 Å². The minimum absolute atomic E-state index is 0.241. The summed E-state index contributed by atoms with van der Waals surface area (Å²) in [6.07, 6.45) is 1.43. The van der Waals surface area contributed by atoms with Crippen molar-refractivity contribution in [2.75, 3.05) is 20.4 Å². The van der Waals surface area contributed by atoms with E-state index in [4.69, 9.17) is 9.47 Å². The third-order valence-corrected chi connectivity index (χ3v) is 3.67. The van der Waals surface area contributed by atoms with Crippen LogP contribution < -0.4 is 4.74 Å². The van der Waals surface area contributed by atoms with Crippen molar-refractivity contribution in [3.63, 3.8) is 0 Å². The molecule has 1 aromatic heterocycles. The Morgan fingerprint density at radius 1 is 1.32 bits per heavy atom. The van der Waals surface area contributed by atoms with E-state index in [0.717, 1.165) is 11.3 Å². The summed E-state index contributed by atoms with van der Waals surface area (Å²) in [4.78, 5) is 18.3. The predicted octanol–water partition coefficient (Wildman–Crippen LogP) is 1.99. The van der Waals surface area contributed by atoms with Gasteiger partial charge in [0.1, 0.15) is 18.8 Å². The van der Waals surface area contributed by atoms with Crippen LogP contribution in [0.1, 0.15) is 13.8 Å². The van der Waals surface area contributed by atoms with Gasteiger partial charge in [0.15, 0.2) is 5.82 Å². The van der Waals surface area contributed by atoms with Crippen molar-refractivity contribution in [3.8, 4) is 17.1 Å². The number of carbonyl (C=O) groups excluding carboxylic acids is 1. The molecule has 1 fully saturated rings. The van der Waals surface area contributed by atoms with E-state index in [1.54, 1.807) is 12.0 Å². The second-order valence-corrected chi connectivity index (χ2v) is 5.74. The molecule has 1 saturated heterocycles. The lowest BCUT2D eigenvalue weighted by Crippen LogP contribution is -2.46. The van der Waals surface area contributed by atoms with Crippen molar-refractivity contribution in [2.45, 2.75) is 19.4 Å². The molecule has 1 aliphatic rings. The number of aromatic nitrogens is 3. The molecule has 7 heteroatoms. The van der Waals surface area contributed by atoms with E-state index in [1.165, 1.54) is 11.0 Å². The number of benzene rings is 1. The highest BCUT2D eigenvalue weighted by molar-refractivity contribution is 5.77. The van der Waals surface area contributed by atoms with E-state index < -0.39 is 0 Å². The molecule has 0 atom stereocenters. The van der Waals surface area contributed by atoms with Crippen molar-refractivity contribution < 1.29 is 14.3 Å². The van der Waals surface area contributed by atoms with Gasteiger partial charge in [0.25, 0.3) is 0 Å². The zero-order valence-electron chi connectivity index (χ0n) is 12.8. The molecule has 22 heavy (non-hydrogen) atoms. The molecule has 3 rings (SSSR count). The van der Waals surface area contributed by atoms with Crippen molar-refractivity contribution >= 4 is 6.03 Å². The number of hydrogen-bond acceptors (Lipinski definition) is 5. The van der Waals surface area contributed by atoms with Crippen LogP contribution in [0.25, 0.3) is 11.4 Å². The summed E-state index contributed by atoms with van der Waals surface area (Å²) < 4.78 is 11.7. The Kier molecular flexibility index (Phi) is 3.58. The van der Waals surface area contributed by atoms with Crippen molar-refractivity contribution in [2.24, 2.45) is 0 Å². The zero-order chi connectivity index (χ0) is 15.7. The molecule has 116 valence electrons. The summed E-state index contributed by atoms with van der Waals surface area (Å²) in [5.74, 6) is 1.25. The van der Waals surface area contributed by atoms with Gasteiger partial charge in [-0.05, 0) is 38.1 Å². The van der Waals surface area contributed by atoms with Crippen LogP contribution in [0, 0.1) is 0 Å². The van der Waals surface area contributed by atoms with Crippen LogP contribution in [0.3, 0.4) is 0 Å². The quantitative estimate of drug-likeness (QED) is 0.848. The fourth-order valence-corrected chi connectivity index (χ4v) is 2.30. The molecule has 0 unspecified atom stereocenters. The maximum Gasteiger partial charge on any atom is 0.348 e. The monoisotopic (exact) mass is 302 g/mol. The van der Waals surface area contributed by atoms with Crippen LogP contribution in [-0.4, -0.2) is 51.7 Å². The number of amides is 1. The third-order valence-electron chi connectivity index (χ3n) is 3.67. The number of methoxy groups -OCH3 is 1. The second-order valence-electron chi connectivity index (χ2n) is 5.74. The highest BCUT2D eigenvalue weighted by atomic mass is 16.5. The van der Waals surface area contributed by atoms with E-state index in [1.807, 2.05) is 38.1 Å². The normalized spacial score (nSPS) is 16.8.